The number of hydrogen-bond acceptors (Lipinski definition) is 3. The van der Waals surface area contributed by atoms with E-state index in [1.54, 1.807) is 42.5 Å². The minimum atomic E-state index is -3.64. The Balaban J connectivity index is 1.96. The van der Waals surface area contributed by atoms with Crippen molar-refractivity contribution in [2.75, 3.05) is 0 Å². The Labute approximate surface area is 176 Å². The molecule has 0 N–H and O–H groups in total. The van der Waals surface area contributed by atoms with Crippen molar-refractivity contribution >= 4 is 26.5 Å². The van der Waals surface area contributed by atoms with Crippen LogP contribution in [0.1, 0.15) is 40.3 Å². The molecule has 0 amide bonds. The van der Waals surface area contributed by atoms with Crippen molar-refractivity contribution in [3.05, 3.63) is 102 Å². The smallest absolute Gasteiger partial charge is 0.199 e. The van der Waals surface area contributed by atoms with Gasteiger partial charge in [-0.25, -0.2) is 8.42 Å². The van der Waals surface area contributed by atoms with Gasteiger partial charge in [0.2, 0.25) is 0 Å². The summed E-state index contributed by atoms with van der Waals surface area (Å²) in [5.41, 5.74) is 2.55. The number of hydrogen-bond donors (Lipinski definition) is 0. The highest BCUT2D eigenvalue weighted by molar-refractivity contribution is 7.91. The Morgan fingerprint density at radius 2 is 1.43 bits per heavy atom. The van der Waals surface area contributed by atoms with Gasteiger partial charge in [0.25, 0.3) is 0 Å². The highest BCUT2D eigenvalue weighted by atomic mass is 32.2. The van der Waals surface area contributed by atoms with E-state index < -0.39 is 15.2 Å². The van der Waals surface area contributed by atoms with Crippen LogP contribution in [-0.4, -0.2) is 18.8 Å². The Morgan fingerprint density at radius 3 is 2.07 bits per heavy atom. The number of para-hydroxylation sites is 1. The molecule has 0 fully saturated rings. The van der Waals surface area contributed by atoms with Gasteiger partial charge in [0.05, 0.1) is 16.0 Å². The monoisotopic (exact) mass is 417 g/mol. The van der Waals surface area contributed by atoms with Crippen LogP contribution in [0, 0.1) is 6.92 Å². The lowest BCUT2D eigenvalue weighted by Crippen LogP contribution is -2.21. The number of nitrogens with zero attached hydrogens (tertiary/aromatic N) is 1. The molecule has 4 rings (SSSR count). The molecule has 0 radical (unpaired) electrons. The molecule has 1 atom stereocenters. The SMILES string of the molecule is CCC(n1c(C)c(C(=O)c2ccccc2)c2ccccc21)S(=O)(=O)c1ccccc1. The van der Waals surface area contributed by atoms with Gasteiger partial charge < -0.3 is 4.57 Å². The summed E-state index contributed by atoms with van der Waals surface area (Å²) in [7, 11) is -3.64. The van der Waals surface area contributed by atoms with Gasteiger partial charge >= 0.3 is 0 Å². The molecular formula is C25H23NO3S. The minimum Gasteiger partial charge on any atom is -0.326 e. The predicted molar refractivity (Wildman–Crippen MR) is 120 cm³/mol. The van der Waals surface area contributed by atoms with Crippen molar-refractivity contribution < 1.29 is 13.2 Å². The average molecular weight is 418 g/mol. The molecule has 4 aromatic rings. The van der Waals surface area contributed by atoms with Crippen molar-refractivity contribution in [3.8, 4) is 0 Å². The van der Waals surface area contributed by atoms with E-state index in [1.807, 2.05) is 60.9 Å². The summed E-state index contributed by atoms with van der Waals surface area (Å²) < 4.78 is 28.8. The number of rotatable bonds is 6. The zero-order valence-electron chi connectivity index (χ0n) is 16.9. The molecule has 4 nitrogen and oxygen atoms in total. The number of aromatic nitrogens is 1. The Kier molecular flexibility index (Phi) is 5.31. The van der Waals surface area contributed by atoms with Crippen LogP contribution in [0.5, 0.6) is 0 Å². The second-order valence-electron chi connectivity index (χ2n) is 7.26. The fraction of sp³-hybridized carbons (Fsp3) is 0.160. The quantitative estimate of drug-likeness (QED) is 0.386. The fourth-order valence-electron chi connectivity index (χ4n) is 4.09. The van der Waals surface area contributed by atoms with Gasteiger partial charge in [0.15, 0.2) is 15.6 Å². The molecule has 0 aliphatic carbocycles. The van der Waals surface area contributed by atoms with E-state index in [1.165, 1.54) is 0 Å². The molecule has 0 saturated carbocycles. The van der Waals surface area contributed by atoms with Crippen LogP contribution in [0.2, 0.25) is 0 Å². The summed E-state index contributed by atoms with van der Waals surface area (Å²) in [6, 6.07) is 25.1. The van der Waals surface area contributed by atoms with Crippen LogP contribution in [0.25, 0.3) is 10.9 Å². The summed E-state index contributed by atoms with van der Waals surface area (Å²) in [5, 5.41) is -0.0345. The molecule has 5 heteroatoms. The summed E-state index contributed by atoms with van der Waals surface area (Å²) in [6.07, 6.45) is 0.385. The second kappa shape index (κ2) is 7.92. The van der Waals surface area contributed by atoms with Crippen LogP contribution >= 0.6 is 0 Å². The number of ketones is 1. The molecule has 1 heterocycles. The van der Waals surface area contributed by atoms with Crippen LogP contribution in [-0.2, 0) is 9.84 Å². The lowest BCUT2D eigenvalue weighted by Gasteiger charge is -2.21. The van der Waals surface area contributed by atoms with Crippen molar-refractivity contribution in [1.29, 1.82) is 0 Å². The largest absolute Gasteiger partial charge is 0.326 e. The van der Waals surface area contributed by atoms with E-state index in [4.69, 9.17) is 0 Å². The molecule has 0 aliphatic heterocycles. The number of carbonyl (C=O) groups excluding carboxylic acids is 1. The van der Waals surface area contributed by atoms with Gasteiger partial charge in [-0.3, -0.25) is 4.79 Å². The van der Waals surface area contributed by atoms with Gasteiger partial charge in [-0.2, -0.15) is 0 Å². The van der Waals surface area contributed by atoms with Crippen LogP contribution in [0.4, 0.5) is 0 Å². The average Bonchev–Trinajstić information content (AvgIpc) is 3.07. The zero-order chi connectivity index (χ0) is 21.3. The fourth-order valence-corrected chi connectivity index (χ4v) is 5.93. The lowest BCUT2D eigenvalue weighted by atomic mass is 10.0. The first kappa shape index (κ1) is 20.1. The molecule has 3 aromatic carbocycles. The maximum atomic E-state index is 13.5. The van der Waals surface area contributed by atoms with Gasteiger partial charge in [-0.1, -0.05) is 73.7 Å². The summed E-state index contributed by atoms with van der Waals surface area (Å²) in [5.74, 6) is -0.102. The molecule has 0 aliphatic rings. The van der Waals surface area contributed by atoms with Crippen molar-refractivity contribution in [1.82, 2.24) is 4.57 Å². The summed E-state index contributed by atoms with van der Waals surface area (Å²) in [4.78, 5) is 13.6. The molecule has 152 valence electrons. The topological polar surface area (TPSA) is 56.1 Å². The maximum absolute atomic E-state index is 13.5. The molecule has 0 bridgehead atoms. The molecular weight excluding hydrogens is 394 g/mol. The summed E-state index contributed by atoms with van der Waals surface area (Å²) >= 11 is 0. The Morgan fingerprint density at radius 1 is 0.867 bits per heavy atom. The van der Waals surface area contributed by atoms with E-state index in [0.29, 0.717) is 23.2 Å². The van der Waals surface area contributed by atoms with E-state index >= 15 is 0 Å². The van der Waals surface area contributed by atoms with Crippen molar-refractivity contribution in [2.24, 2.45) is 0 Å². The zero-order valence-corrected chi connectivity index (χ0v) is 17.8. The van der Waals surface area contributed by atoms with Gasteiger partial charge in [-0.15, -0.1) is 0 Å². The van der Waals surface area contributed by atoms with E-state index in [2.05, 4.69) is 0 Å². The third-order valence-electron chi connectivity index (χ3n) is 5.49. The third kappa shape index (κ3) is 3.25. The minimum absolute atomic E-state index is 0.102. The third-order valence-corrected chi connectivity index (χ3v) is 7.68. The van der Waals surface area contributed by atoms with Crippen molar-refractivity contribution in [3.63, 3.8) is 0 Å². The molecule has 30 heavy (non-hydrogen) atoms. The number of carbonyl (C=O) groups is 1. The predicted octanol–water partition coefficient (Wildman–Crippen LogP) is 5.56. The van der Waals surface area contributed by atoms with Gasteiger partial charge in [0.1, 0.15) is 5.37 Å². The number of sulfone groups is 1. The standard InChI is InChI=1S/C25H23NO3S/c1-3-23(30(28,29)20-14-8-5-9-15-20)26-18(2)24(21-16-10-11-17-22(21)26)25(27)19-12-6-4-7-13-19/h4-17,23H,3H2,1-2H3. The summed E-state index contributed by atoms with van der Waals surface area (Å²) in [6.45, 7) is 3.69. The number of benzene rings is 3. The van der Waals surface area contributed by atoms with Crippen LogP contribution in [0.3, 0.4) is 0 Å². The van der Waals surface area contributed by atoms with E-state index in [0.717, 1.165) is 10.9 Å². The highest BCUT2D eigenvalue weighted by Gasteiger charge is 2.32. The van der Waals surface area contributed by atoms with Crippen LogP contribution in [0.15, 0.2) is 89.8 Å². The highest BCUT2D eigenvalue weighted by Crippen LogP contribution is 2.36. The van der Waals surface area contributed by atoms with Gasteiger partial charge in [-0.05, 0) is 31.5 Å². The first-order valence-corrected chi connectivity index (χ1v) is 11.5. The lowest BCUT2D eigenvalue weighted by molar-refractivity contribution is 0.103. The van der Waals surface area contributed by atoms with Gasteiger partial charge in [0, 0.05) is 16.6 Å². The number of fused-ring (bicyclic) bond motifs is 1. The molecule has 0 saturated heterocycles. The molecule has 0 spiro atoms. The molecule has 1 aromatic heterocycles. The van der Waals surface area contributed by atoms with E-state index in [-0.39, 0.29) is 10.7 Å². The normalized spacial score (nSPS) is 12.7. The van der Waals surface area contributed by atoms with Crippen LogP contribution < -0.4 is 0 Å². The molecule has 1 unspecified atom stereocenters. The first-order chi connectivity index (χ1) is 14.5. The van der Waals surface area contributed by atoms with E-state index in [9.17, 15) is 13.2 Å². The Hall–Kier alpha value is -3.18. The first-order valence-electron chi connectivity index (χ1n) is 9.95. The second-order valence-corrected chi connectivity index (χ2v) is 9.37. The Bertz CT molecular complexity index is 1310. The maximum Gasteiger partial charge on any atom is 0.199 e. The van der Waals surface area contributed by atoms with Crippen molar-refractivity contribution in [2.45, 2.75) is 30.5 Å².